The van der Waals surface area contributed by atoms with Gasteiger partial charge in [0.1, 0.15) is 5.82 Å². The van der Waals surface area contributed by atoms with Crippen LogP contribution in [0.5, 0.6) is 0 Å². The number of aryl methyl sites for hydroxylation is 1. The van der Waals surface area contributed by atoms with Crippen molar-refractivity contribution < 1.29 is 9.18 Å². The van der Waals surface area contributed by atoms with E-state index in [2.05, 4.69) is 42.8 Å². The highest BCUT2D eigenvalue weighted by atomic mass is 32.1. The van der Waals surface area contributed by atoms with E-state index in [9.17, 15) is 9.18 Å². The van der Waals surface area contributed by atoms with Gasteiger partial charge in [-0.15, -0.1) is 0 Å². The fraction of sp³-hybridized carbons (Fsp3) is 0.364. The van der Waals surface area contributed by atoms with Crippen LogP contribution in [-0.4, -0.2) is 42.0 Å². The van der Waals surface area contributed by atoms with Crippen LogP contribution in [0.25, 0.3) is 10.2 Å². The fourth-order valence-corrected chi connectivity index (χ4v) is 4.19. The molecule has 0 bridgehead atoms. The number of thiazole rings is 1. The predicted octanol–water partition coefficient (Wildman–Crippen LogP) is 4.99. The van der Waals surface area contributed by atoms with Gasteiger partial charge in [-0.2, -0.15) is 0 Å². The molecule has 1 amide bonds. The Morgan fingerprint density at radius 2 is 1.82 bits per heavy atom. The molecule has 148 valence electrons. The van der Waals surface area contributed by atoms with E-state index in [1.165, 1.54) is 29.0 Å². The van der Waals surface area contributed by atoms with Crippen molar-refractivity contribution in [2.75, 3.05) is 31.1 Å². The average Bonchev–Trinajstić information content (AvgIpc) is 3.14. The smallest absolute Gasteiger partial charge is 0.263 e. The zero-order valence-electron chi connectivity index (χ0n) is 16.6. The van der Waals surface area contributed by atoms with E-state index in [0.29, 0.717) is 18.2 Å². The second-order valence-electron chi connectivity index (χ2n) is 6.62. The molecule has 0 saturated heterocycles. The first kappa shape index (κ1) is 20.4. The fourth-order valence-electron chi connectivity index (χ4n) is 3.14. The highest BCUT2D eigenvalue weighted by Gasteiger charge is 2.24. The van der Waals surface area contributed by atoms with Crippen molar-refractivity contribution >= 4 is 32.6 Å². The lowest BCUT2D eigenvalue weighted by Gasteiger charge is -2.24. The van der Waals surface area contributed by atoms with Crippen molar-refractivity contribution in [1.82, 2.24) is 9.88 Å². The lowest BCUT2D eigenvalue weighted by Crippen LogP contribution is -2.39. The molecule has 0 saturated carbocycles. The molecule has 0 spiro atoms. The van der Waals surface area contributed by atoms with Gasteiger partial charge in [0.25, 0.3) is 5.91 Å². The number of carbonyl (C=O) groups is 1. The molecular formula is C22H26FN3OS. The van der Waals surface area contributed by atoms with E-state index in [1.54, 1.807) is 17.0 Å². The van der Waals surface area contributed by atoms with Gasteiger partial charge in [0.05, 0.1) is 15.8 Å². The monoisotopic (exact) mass is 399 g/mol. The molecule has 0 unspecified atom stereocenters. The summed E-state index contributed by atoms with van der Waals surface area (Å²) < 4.78 is 15.3. The summed E-state index contributed by atoms with van der Waals surface area (Å²) in [6.45, 7) is 9.28. The molecule has 0 aliphatic heterocycles. The molecule has 28 heavy (non-hydrogen) atoms. The van der Waals surface area contributed by atoms with Crippen LogP contribution in [0.3, 0.4) is 0 Å². The number of nitrogens with zero attached hydrogens (tertiary/aromatic N) is 3. The maximum absolute atomic E-state index is 14.3. The predicted molar refractivity (Wildman–Crippen MR) is 115 cm³/mol. The lowest BCUT2D eigenvalue weighted by atomic mass is 10.2. The number of likely N-dealkylation sites (N-methyl/N-ethyl adjacent to an activating group) is 1. The third-order valence-corrected chi connectivity index (χ3v) is 6.01. The van der Waals surface area contributed by atoms with Gasteiger partial charge in [-0.25, -0.2) is 9.37 Å². The molecule has 0 aliphatic rings. The number of anilines is 1. The van der Waals surface area contributed by atoms with E-state index < -0.39 is 5.82 Å². The number of fused-ring (bicyclic) bond motifs is 1. The summed E-state index contributed by atoms with van der Waals surface area (Å²) >= 11 is 1.48. The summed E-state index contributed by atoms with van der Waals surface area (Å²) in [4.78, 5) is 21.7. The minimum absolute atomic E-state index is 0.0792. The molecule has 6 heteroatoms. The zero-order valence-corrected chi connectivity index (χ0v) is 17.4. The minimum atomic E-state index is -0.505. The first-order chi connectivity index (χ1) is 13.6. The Hall–Kier alpha value is -2.31. The lowest BCUT2D eigenvalue weighted by molar-refractivity contribution is 0.0980. The Morgan fingerprint density at radius 3 is 2.50 bits per heavy atom. The second kappa shape index (κ2) is 9.26. The topological polar surface area (TPSA) is 36.4 Å². The van der Waals surface area contributed by atoms with Crippen molar-refractivity contribution in [3.05, 3.63) is 59.4 Å². The number of hydrogen-bond donors (Lipinski definition) is 0. The van der Waals surface area contributed by atoms with Gasteiger partial charge in [-0.1, -0.05) is 50.3 Å². The van der Waals surface area contributed by atoms with Gasteiger partial charge in [-0.05, 0) is 49.3 Å². The number of aromatic nitrogens is 1. The molecule has 1 aromatic heterocycles. The van der Waals surface area contributed by atoms with Crippen molar-refractivity contribution in [2.24, 2.45) is 0 Å². The summed E-state index contributed by atoms with van der Waals surface area (Å²) in [6.07, 6.45) is 0.947. The number of carbonyl (C=O) groups excluding carboxylic acids is 1. The molecule has 0 fully saturated rings. The summed E-state index contributed by atoms with van der Waals surface area (Å²) in [7, 11) is 0. The van der Waals surface area contributed by atoms with Gasteiger partial charge in [0.15, 0.2) is 5.13 Å². The molecule has 4 nitrogen and oxygen atoms in total. The molecule has 0 N–H and O–H groups in total. The zero-order chi connectivity index (χ0) is 20.1. The van der Waals surface area contributed by atoms with Crippen LogP contribution in [-0.2, 0) is 6.42 Å². The summed E-state index contributed by atoms with van der Waals surface area (Å²) in [5, 5.41) is 0.615. The Morgan fingerprint density at radius 1 is 1.07 bits per heavy atom. The van der Waals surface area contributed by atoms with Crippen LogP contribution in [0.4, 0.5) is 9.52 Å². The largest absolute Gasteiger partial charge is 0.302 e. The number of amides is 1. The van der Waals surface area contributed by atoms with Crippen LogP contribution < -0.4 is 4.90 Å². The first-order valence-corrected chi connectivity index (χ1v) is 10.6. The summed E-state index contributed by atoms with van der Waals surface area (Å²) in [5.74, 6) is -0.852. The van der Waals surface area contributed by atoms with Crippen molar-refractivity contribution in [3.63, 3.8) is 0 Å². The van der Waals surface area contributed by atoms with E-state index in [-0.39, 0.29) is 11.5 Å². The Kier molecular flexibility index (Phi) is 6.75. The molecule has 3 rings (SSSR count). The van der Waals surface area contributed by atoms with E-state index in [4.69, 9.17) is 0 Å². The van der Waals surface area contributed by atoms with Crippen LogP contribution in [0.2, 0.25) is 0 Å². The number of halogens is 1. The molecule has 0 aliphatic carbocycles. The van der Waals surface area contributed by atoms with Crippen LogP contribution in [0, 0.1) is 5.82 Å². The standard InChI is InChI=1S/C22H26FN3OS/c1-4-16-11-12-19-20(15-16)28-22(24-19)26(14-13-25(5-2)6-3)21(27)17-9-7-8-10-18(17)23/h7-12,15H,4-6,13-14H2,1-3H3. The maximum Gasteiger partial charge on any atom is 0.263 e. The van der Waals surface area contributed by atoms with Gasteiger partial charge in [0.2, 0.25) is 0 Å². The van der Waals surface area contributed by atoms with Gasteiger partial charge in [0, 0.05) is 13.1 Å². The average molecular weight is 400 g/mol. The first-order valence-electron chi connectivity index (χ1n) is 9.75. The Bertz CT molecular complexity index is 952. The van der Waals surface area contributed by atoms with Crippen LogP contribution in [0.1, 0.15) is 36.7 Å². The second-order valence-corrected chi connectivity index (χ2v) is 7.62. The maximum atomic E-state index is 14.3. The van der Waals surface area contributed by atoms with Crippen molar-refractivity contribution in [2.45, 2.75) is 27.2 Å². The van der Waals surface area contributed by atoms with E-state index in [0.717, 1.165) is 29.7 Å². The normalized spacial score (nSPS) is 11.3. The molecule has 2 aromatic carbocycles. The van der Waals surface area contributed by atoms with Crippen molar-refractivity contribution in [3.8, 4) is 0 Å². The Balaban J connectivity index is 1.97. The van der Waals surface area contributed by atoms with Gasteiger partial charge >= 0.3 is 0 Å². The molecule has 1 heterocycles. The summed E-state index contributed by atoms with van der Waals surface area (Å²) in [6, 6.07) is 12.3. The minimum Gasteiger partial charge on any atom is -0.302 e. The third-order valence-electron chi connectivity index (χ3n) is 4.96. The van der Waals surface area contributed by atoms with Crippen LogP contribution >= 0.6 is 11.3 Å². The Labute approximate surface area is 169 Å². The number of benzene rings is 2. The van der Waals surface area contributed by atoms with Gasteiger partial charge in [-0.3, -0.25) is 9.69 Å². The molecular weight excluding hydrogens is 373 g/mol. The van der Waals surface area contributed by atoms with E-state index in [1.807, 2.05) is 6.07 Å². The molecule has 0 atom stereocenters. The number of rotatable bonds is 8. The third kappa shape index (κ3) is 4.39. The summed E-state index contributed by atoms with van der Waals surface area (Å²) in [5.41, 5.74) is 2.18. The SMILES string of the molecule is CCc1ccc2nc(N(CCN(CC)CC)C(=O)c3ccccc3F)sc2c1. The molecule has 0 radical (unpaired) electrons. The van der Waals surface area contributed by atoms with Crippen molar-refractivity contribution in [1.29, 1.82) is 0 Å². The van der Waals surface area contributed by atoms with Crippen LogP contribution in [0.15, 0.2) is 42.5 Å². The quantitative estimate of drug-likeness (QED) is 0.536. The highest BCUT2D eigenvalue weighted by Crippen LogP contribution is 2.31. The van der Waals surface area contributed by atoms with Gasteiger partial charge < -0.3 is 4.90 Å². The number of hydrogen-bond acceptors (Lipinski definition) is 4. The molecule has 3 aromatic rings. The highest BCUT2D eigenvalue weighted by molar-refractivity contribution is 7.22. The van der Waals surface area contributed by atoms with E-state index >= 15 is 0 Å².